The average Bonchev–Trinajstić information content (AvgIpc) is 3.30. The van der Waals surface area contributed by atoms with Crippen LogP contribution in [-0.4, -0.2) is 61.0 Å². The van der Waals surface area contributed by atoms with Gasteiger partial charge in [0.25, 0.3) is 5.91 Å². The zero-order valence-corrected chi connectivity index (χ0v) is 19.1. The zero-order valence-electron chi connectivity index (χ0n) is 19.1. The largest absolute Gasteiger partial charge is 0.440 e. The minimum Gasteiger partial charge on any atom is -0.440 e. The molecule has 0 atom stereocenters. The number of nitrogens with zero attached hydrogens (tertiary/aromatic N) is 6. The maximum atomic E-state index is 12.9. The third kappa shape index (κ3) is 5.14. The fourth-order valence-electron chi connectivity index (χ4n) is 4.26. The van der Waals surface area contributed by atoms with Gasteiger partial charge in [-0.1, -0.05) is 6.07 Å². The van der Waals surface area contributed by atoms with Crippen molar-refractivity contribution >= 4 is 17.8 Å². The molecule has 5 heterocycles. The fourth-order valence-corrected chi connectivity index (χ4v) is 4.26. The molecule has 0 fully saturated rings. The Bertz CT molecular complexity index is 1310. The van der Waals surface area contributed by atoms with Crippen molar-refractivity contribution in [3.05, 3.63) is 53.1 Å². The molecular formula is C23H22F3N7O3. The van der Waals surface area contributed by atoms with E-state index in [0.29, 0.717) is 29.3 Å². The summed E-state index contributed by atoms with van der Waals surface area (Å²) in [7, 11) is 0. The van der Waals surface area contributed by atoms with Gasteiger partial charge in [0.15, 0.2) is 12.4 Å². The summed E-state index contributed by atoms with van der Waals surface area (Å²) < 4.78 is 43.5. The number of carbonyl (C=O) groups excluding carboxylic acids is 2. The van der Waals surface area contributed by atoms with Crippen LogP contribution in [-0.2, 0) is 30.7 Å². The summed E-state index contributed by atoms with van der Waals surface area (Å²) in [5.74, 6) is 1.36. The molecule has 0 radical (unpaired) electrons. The van der Waals surface area contributed by atoms with Gasteiger partial charge in [0.2, 0.25) is 0 Å². The molecule has 0 saturated carbocycles. The van der Waals surface area contributed by atoms with Crippen molar-refractivity contribution in [1.82, 2.24) is 29.6 Å². The molecule has 10 nitrogen and oxygen atoms in total. The lowest BCUT2D eigenvalue weighted by Crippen LogP contribution is -2.38. The number of halogens is 3. The predicted molar refractivity (Wildman–Crippen MR) is 120 cm³/mol. The van der Waals surface area contributed by atoms with Gasteiger partial charge in [0.05, 0.1) is 0 Å². The van der Waals surface area contributed by atoms with E-state index in [1.807, 2.05) is 4.57 Å². The molecule has 36 heavy (non-hydrogen) atoms. The van der Waals surface area contributed by atoms with Gasteiger partial charge in [-0.05, 0) is 48.6 Å². The van der Waals surface area contributed by atoms with Gasteiger partial charge in [-0.2, -0.15) is 13.2 Å². The predicted octanol–water partition coefficient (Wildman–Crippen LogP) is 3.38. The molecule has 188 valence electrons. The number of carbonyl (C=O) groups is 2. The highest BCUT2D eigenvalue weighted by Gasteiger charge is 2.32. The molecule has 0 spiro atoms. The number of rotatable bonds is 4. The van der Waals surface area contributed by atoms with Gasteiger partial charge in [0, 0.05) is 32.3 Å². The second-order valence-corrected chi connectivity index (χ2v) is 8.59. The first-order chi connectivity index (χ1) is 17.3. The molecule has 0 unspecified atom stereocenters. The maximum Gasteiger partial charge on any atom is 0.422 e. The van der Waals surface area contributed by atoms with Crippen molar-refractivity contribution in [2.45, 2.75) is 44.9 Å². The number of nitrogens with one attached hydrogen (secondary N) is 1. The number of anilines is 1. The SMILES string of the molecule is O=C(Nc1cccc(-c2nnc3n2CCCC3)n1)c1cc2c(cn1)CCN(C(=O)OCC(F)(F)F)C2. The second kappa shape index (κ2) is 9.55. The average molecular weight is 501 g/mol. The van der Waals surface area contributed by atoms with E-state index in [1.54, 1.807) is 18.2 Å². The first-order valence-corrected chi connectivity index (χ1v) is 11.4. The standard InChI is InChI=1S/C23H22F3N7O3/c24-23(25,26)13-36-22(35)32-9-7-14-11-27-17(10-15(14)12-32)21(34)29-18-5-3-4-16(28-18)20-31-30-19-6-1-2-8-33(19)20/h3-5,10-11H,1-2,6-9,12-13H2,(H,28,29,34). The van der Waals surface area contributed by atoms with Crippen LogP contribution >= 0.6 is 0 Å². The van der Waals surface area contributed by atoms with Gasteiger partial charge in [0.1, 0.15) is 23.0 Å². The molecular weight excluding hydrogens is 479 g/mol. The van der Waals surface area contributed by atoms with Gasteiger partial charge in [-0.3, -0.25) is 9.78 Å². The number of hydrogen-bond donors (Lipinski definition) is 1. The summed E-state index contributed by atoms with van der Waals surface area (Å²) in [6.45, 7) is -0.626. The first kappa shape index (κ1) is 23.7. The van der Waals surface area contributed by atoms with Gasteiger partial charge < -0.3 is 19.5 Å². The van der Waals surface area contributed by atoms with Crippen LogP contribution in [0.2, 0.25) is 0 Å². The number of fused-ring (bicyclic) bond motifs is 2. The normalized spacial score (nSPS) is 15.1. The van der Waals surface area contributed by atoms with E-state index >= 15 is 0 Å². The molecule has 0 saturated heterocycles. The van der Waals surface area contributed by atoms with Crippen LogP contribution in [0.3, 0.4) is 0 Å². The first-order valence-electron chi connectivity index (χ1n) is 11.4. The van der Waals surface area contributed by atoms with Crippen molar-refractivity contribution in [2.24, 2.45) is 0 Å². The lowest BCUT2D eigenvalue weighted by atomic mass is 10.0. The summed E-state index contributed by atoms with van der Waals surface area (Å²) in [5.41, 5.74) is 2.09. The number of alkyl halides is 3. The third-order valence-electron chi connectivity index (χ3n) is 6.02. The summed E-state index contributed by atoms with van der Waals surface area (Å²) in [6, 6.07) is 6.72. The zero-order chi connectivity index (χ0) is 25.3. The highest BCUT2D eigenvalue weighted by Crippen LogP contribution is 2.24. The summed E-state index contributed by atoms with van der Waals surface area (Å²) in [4.78, 5) is 34.8. The van der Waals surface area contributed by atoms with Gasteiger partial charge >= 0.3 is 12.3 Å². The Kier molecular flexibility index (Phi) is 6.29. The van der Waals surface area contributed by atoms with Gasteiger partial charge in [-0.15, -0.1) is 10.2 Å². The monoisotopic (exact) mass is 501 g/mol. The number of amides is 2. The smallest absolute Gasteiger partial charge is 0.422 e. The van der Waals surface area contributed by atoms with E-state index in [1.165, 1.54) is 17.2 Å². The quantitative estimate of drug-likeness (QED) is 0.583. The van der Waals surface area contributed by atoms with Crippen LogP contribution in [0.4, 0.5) is 23.8 Å². The lowest BCUT2D eigenvalue weighted by Gasteiger charge is -2.28. The van der Waals surface area contributed by atoms with Crippen molar-refractivity contribution in [3.63, 3.8) is 0 Å². The molecule has 0 aromatic carbocycles. The van der Waals surface area contributed by atoms with Crippen molar-refractivity contribution in [1.29, 1.82) is 0 Å². The van der Waals surface area contributed by atoms with Crippen LogP contribution < -0.4 is 5.32 Å². The molecule has 0 aliphatic carbocycles. The van der Waals surface area contributed by atoms with Crippen molar-refractivity contribution < 1.29 is 27.5 Å². The Hall–Kier alpha value is -4.03. The van der Waals surface area contributed by atoms with Crippen molar-refractivity contribution in [2.75, 3.05) is 18.5 Å². The number of pyridine rings is 2. The molecule has 2 aliphatic heterocycles. The van der Waals surface area contributed by atoms with Crippen LogP contribution in [0.1, 0.15) is 40.3 Å². The molecule has 0 bridgehead atoms. The molecule has 2 aliphatic rings. The van der Waals surface area contributed by atoms with E-state index in [4.69, 9.17) is 0 Å². The number of ether oxygens (including phenoxy) is 1. The molecule has 5 rings (SSSR count). The number of aromatic nitrogens is 5. The van der Waals surface area contributed by atoms with Crippen molar-refractivity contribution in [3.8, 4) is 11.5 Å². The van der Waals surface area contributed by atoms with Crippen LogP contribution in [0, 0.1) is 0 Å². The Morgan fingerprint density at radius 2 is 1.94 bits per heavy atom. The number of hydrogen-bond acceptors (Lipinski definition) is 7. The Morgan fingerprint density at radius 3 is 2.78 bits per heavy atom. The highest BCUT2D eigenvalue weighted by atomic mass is 19.4. The third-order valence-corrected chi connectivity index (χ3v) is 6.02. The Morgan fingerprint density at radius 1 is 1.08 bits per heavy atom. The second-order valence-electron chi connectivity index (χ2n) is 8.59. The minimum atomic E-state index is -4.60. The molecule has 1 N–H and O–H groups in total. The molecule has 3 aromatic rings. The van der Waals surface area contributed by atoms with E-state index < -0.39 is 24.8 Å². The summed E-state index contributed by atoms with van der Waals surface area (Å²) in [5, 5.41) is 11.2. The minimum absolute atomic E-state index is 0.0144. The topological polar surface area (TPSA) is 115 Å². The summed E-state index contributed by atoms with van der Waals surface area (Å²) in [6.07, 6.45) is -0.760. The van der Waals surface area contributed by atoms with E-state index in [9.17, 15) is 22.8 Å². The van der Waals surface area contributed by atoms with Crippen LogP contribution in [0.25, 0.3) is 11.5 Å². The highest BCUT2D eigenvalue weighted by molar-refractivity contribution is 6.02. The van der Waals surface area contributed by atoms with E-state index in [0.717, 1.165) is 37.2 Å². The van der Waals surface area contributed by atoms with E-state index in [2.05, 4.69) is 30.2 Å². The molecule has 13 heteroatoms. The maximum absolute atomic E-state index is 12.9. The van der Waals surface area contributed by atoms with Crippen LogP contribution in [0.5, 0.6) is 0 Å². The lowest BCUT2D eigenvalue weighted by molar-refractivity contribution is -0.162. The molecule has 3 aromatic heterocycles. The summed E-state index contributed by atoms with van der Waals surface area (Å²) >= 11 is 0. The van der Waals surface area contributed by atoms with E-state index in [-0.39, 0.29) is 18.8 Å². The van der Waals surface area contributed by atoms with Crippen LogP contribution in [0.15, 0.2) is 30.5 Å². The Labute approximate surface area is 203 Å². The molecule has 2 amide bonds. The Balaban J connectivity index is 1.28. The fraction of sp³-hybridized carbons (Fsp3) is 0.391. The van der Waals surface area contributed by atoms with Gasteiger partial charge in [-0.25, -0.2) is 9.78 Å². The number of aryl methyl sites for hydroxylation is 1.